The molecular formula is C60H41B2N3. The predicted molar refractivity (Wildman–Crippen MR) is 273 cm³/mol. The monoisotopic (exact) mass is 825 g/mol. The van der Waals surface area contributed by atoms with Crippen LogP contribution in [0.25, 0.3) is 11.1 Å². The van der Waals surface area contributed by atoms with Crippen LogP contribution in [-0.4, -0.2) is 18.4 Å². The molecule has 3 nitrogen and oxygen atoms in total. The molecule has 0 aliphatic carbocycles. The maximum absolute atomic E-state index is 4.36. The Morgan fingerprint density at radius 1 is 0.354 bits per heavy atom. The van der Waals surface area contributed by atoms with Crippen molar-refractivity contribution < 1.29 is 0 Å². The van der Waals surface area contributed by atoms with Crippen LogP contribution in [0.3, 0.4) is 0 Å². The fourth-order valence-electron chi connectivity index (χ4n) is 11.6. The highest BCUT2D eigenvalue weighted by atomic mass is 15.2. The van der Waals surface area contributed by atoms with Crippen molar-refractivity contribution in [2.45, 2.75) is 5.41 Å². The topological polar surface area (TPSA) is 19.4 Å². The number of aromatic nitrogens is 1. The Labute approximate surface area is 381 Å². The molecule has 0 atom stereocenters. The van der Waals surface area contributed by atoms with Gasteiger partial charge in [-0.1, -0.05) is 193 Å². The molecule has 0 bridgehead atoms. The van der Waals surface area contributed by atoms with E-state index >= 15 is 0 Å². The molecule has 9 aromatic carbocycles. The Kier molecular flexibility index (Phi) is 8.64. The molecular weight excluding hydrogens is 784 g/mol. The minimum atomic E-state index is -0.673. The van der Waals surface area contributed by atoms with Gasteiger partial charge in [0.2, 0.25) is 13.4 Å². The maximum Gasteiger partial charge on any atom is 0.249 e. The Balaban J connectivity index is 1.26. The van der Waals surface area contributed by atoms with Crippen molar-refractivity contribution in [2.75, 3.05) is 9.80 Å². The summed E-state index contributed by atoms with van der Waals surface area (Å²) in [4.78, 5) is 9.53. The molecule has 0 amide bonds. The minimum absolute atomic E-state index is 0.0322. The summed E-state index contributed by atoms with van der Waals surface area (Å²) in [5.74, 6) is 0. The second kappa shape index (κ2) is 15.0. The summed E-state index contributed by atoms with van der Waals surface area (Å²) < 4.78 is 0. The van der Waals surface area contributed by atoms with Crippen molar-refractivity contribution in [1.82, 2.24) is 4.98 Å². The summed E-state index contributed by atoms with van der Waals surface area (Å²) >= 11 is 0. The van der Waals surface area contributed by atoms with Crippen LogP contribution in [0.4, 0.5) is 34.1 Å². The number of hydrogen-bond acceptors (Lipinski definition) is 3. The van der Waals surface area contributed by atoms with E-state index in [-0.39, 0.29) is 13.4 Å². The number of benzene rings is 9. The lowest BCUT2D eigenvalue weighted by atomic mass is 9.27. The number of pyridine rings is 1. The van der Waals surface area contributed by atoms with Crippen molar-refractivity contribution in [2.24, 2.45) is 0 Å². The molecule has 13 rings (SSSR count). The third-order valence-electron chi connectivity index (χ3n) is 14.1. The lowest BCUT2D eigenvalue weighted by molar-refractivity contribution is 0.751. The van der Waals surface area contributed by atoms with Gasteiger partial charge in [-0.25, -0.2) is 0 Å². The first kappa shape index (κ1) is 37.4. The Morgan fingerprint density at radius 2 is 0.892 bits per heavy atom. The molecule has 5 heteroatoms. The van der Waals surface area contributed by atoms with Gasteiger partial charge in [0.05, 0.1) is 5.41 Å². The van der Waals surface area contributed by atoms with Crippen LogP contribution in [0.15, 0.2) is 249 Å². The first-order chi connectivity index (χ1) is 32.3. The maximum atomic E-state index is 4.36. The molecule has 1 aromatic heterocycles. The molecule has 10 aromatic rings. The third kappa shape index (κ3) is 5.55. The smallest absolute Gasteiger partial charge is 0.249 e. The highest BCUT2D eigenvalue weighted by molar-refractivity contribution is 7.02. The van der Waals surface area contributed by atoms with E-state index in [9.17, 15) is 0 Å². The number of rotatable bonds is 6. The van der Waals surface area contributed by atoms with Crippen LogP contribution >= 0.6 is 0 Å². The summed E-state index contributed by atoms with van der Waals surface area (Å²) in [6.07, 6.45) is 3.76. The highest BCUT2D eigenvalue weighted by Crippen LogP contribution is 2.52. The van der Waals surface area contributed by atoms with Crippen LogP contribution in [0, 0.1) is 0 Å². The first-order valence-electron chi connectivity index (χ1n) is 22.6. The van der Waals surface area contributed by atoms with Gasteiger partial charge in [0.1, 0.15) is 0 Å². The predicted octanol–water partition coefficient (Wildman–Crippen LogP) is 10.0. The van der Waals surface area contributed by atoms with E-state index < -0.39 is 5.41 Å². The fourth-order valence-corrected chi connectivity index (χ4v) is 11.6. The van der Waals surface area contributed by atoms with Gasteiger partial charge in [0.25, 0.3) is 0 Å². The van der Waals surface area contributed by atoms with Crippen molar-refractivity contribution in [3.8, 4) is 11.1 Å². The van der Waals surface area contributed by atoms with Gasteiger partial charge in [-0.2, -0.15) is 0 Å². The van der Waals surface area contributed by atoms with Crippen molar-refractivity contribution >= 4 is 80.3 Å². The second-order valence-electron chi connectivity index (χ2n) is 17.4. The lowest BCUT2D eigenvalue weighted by Crippen LogP contribution is -2.68. The number of fused-ring (bicyclic) bond motifs is 7. The Bertz CT molecular complexity index is 3360. The minimum Gasteiger partial charge on any atom is -0.312 e. The first-order valence-corrected chi connectivity index (χ1v) is 22.6. The summed E-state index contributed by atoms with van der Waals surface area (Å²) in [5, 5.41) is 0. The number of para-hydroxylation sites is 3. The number of nitrogens with zero attached hydrogens (tertiary/aromatic N) is 3. The third-order valence-corrected chi connectivity index (χ3v) is 14.1. The molecule has 302 valence electrons. The van der Waals surface area contributed by atoms with E-state index in [0.29, 0.717) is 0 Å². The molecule has 65 heavy (non-hydrogen) atoms. The van der Waals surface area contributed by atoms with E-state index in [1.165, 1.54) is 77.8 Å². The largest absolute Gasteiger partial charge is 0.312 e. The van der Waals surface area contributed by atoms with Gasteiger partial charge < -0.3 is 9.80 Å². The van der Waals surface area contributed by atoms with Gasteiger partial charge in [-0.3, -0.25) is 4.98 Å². The zero-order valence-electron chi connectivity index (χ0n) is 35.7. The highest BCUT2D eigenvalue weighted by Gasteiger charge is 2.54. The van der Waals surface area contributed by atoms with E-state index in [1.807, 2.05) is 12.4 Å². The molecule has 0 unspecified atom stereocenters. The summed E-state index contributed by atoms with van der Waals surface area (Å²) in [7, 11) is 0. The molecule has 0 radical (unpaired) electrons. The number of hydrogen-bond donors (Lipinski definition) is 0. The standard InChI is InChI=1S/C60H41B2N3/c1-5-21-44(22-6-1)60(45-23-7-2-8-24-45)49-30-13-14-31-51(49)62-53-33-16-18-35-55(53)65(47-27-11-4-12-28-47)59-57(62)50(60)41-56-58(59)61(46-25-9-3-10-26-46)52-32-15-17-34-54(52)64(56)48-29-19-20-43(40-48)42-36-38-63-39-37-42/h1-41H. The summed E-state index contributed by atoms with van der Waals surface area (Å²) in [6, 6.07) is 88.2. The molecule has 0 saturated heterocycles. The van der Waals surface area contributed by atoms with Crippen LogP contribution < -0.4 is 42.6 Å². The van der Waals surface area contributed by atoms with Gasteiger partial charge >= 0.3 is 0 Å². The molecule has 0 fully saturated rings. The van der Waals surface area contributed by atoms with Gasteiger partial charge in [-0.05, 0) is 110 Å². The van der Waals surface area contributed by atoms with E-state index in [0.717, 1.165) is 22.5 Å². The molecule has 3 aliphatic rings. The Hall–Kier alpha value is -8.14. The van der Waals surface area contributed by atoms with Gasteiger partial charge in [-0.15, -0.1) is 0 Å². The lowest BCUT2D eigenvalue weighted by Gasteiger charge is -2.51. The molecule has 0 N–H and O–H groups in total. The SMILES string of the molecule is c1ccc(B2c3ccccc3N(c3cccc(-c4ccncc4)c3)c3cc4c5c(c32)N(c2ccccc2)c2ccccc2B5c2ccccc2C4(c2ccccc2)c2ccccc2)cc1. The van der Waals surface area contributed by atoms with Crippen LogP contribution in [0.1, 0.15) is 22.3 Å². The van der Waals surface area contributed by atoms with Gasteiger partial charge in [0, 0.05) is 46.5 Å². The molecule has 3 aliphatic heterocycles. The van der Waals surface area contributed by atoms with Crippen LogP contribution in [0.2, 0.25) is 0 Å². The summed E-state index contributed by atoms with van der Waals surface area (Å²) in [6.45, 7) is -0.116. The van der Waals surface area contributed by atoms with Crippen LogP contribution in [-0.2, 0) is 5.41 Å². The zero-order chi connectivity index (χ0) is 42.9. The number of anilines is 6. The Morgan fingerprint density at radius 3 is 1.57 bits per heavy atom. The molecule has 0 spiro atoms. The van der Waals surface area contributed by atoms with Crippen molar-refractivity contribution in [3.05, 3.63) is 271 Å². The molecule has 4 heterocycles. The average Bonchev–Trinajstić information content (AvgIpc) is 3.39. The van der Waals surface area contributed by atoms with E-state index in [2.05, 4.69) is 251 Å². The van der Waals surface area contributed by atoms with Crippen molar-refractivity contribution in [1.29, 1.82) is 0 Å². The quantitative estimate of drug-likeness (QED) is 0.156. The zero-order valence-corrected chi connectivity index (χ0v) is 35.7. The van der Waals surface area contributed by atoms with Gasteiger partial charge in [0.15, 0.2) is 0 Å². The van der Waals surface area contributed by atoms with Crippen molar-refractivity contribution in [3.63, 3.8) is 0 Å². The second-order valence-corrected chi connectivity index (χ2v) is 17.4. The summed E-state index contributed by atoms with van der Waals surface area (Å²) in [5.41, 5.74) is 21.6. The fraction of sp³-hybridized carbons (Fsp3) is 0.0167. The van der Waals surface area contributed by atoms with E-state index in [4.69, 9.17) is 0 Å². The van der Waals surface area contributed by atoms with E-state index in [1.54, 1.807) is 0 Å². The molecule has 0 saturated carbocycles. The normalized spacial score (nSPS) is 13.8. The average molecular weight is 826 g/mol. The van der Waals surface area contributed by atoms with Crippen LogP contribution in [0.5, 0.6) is 0 Å².